The molecule has 3 nitrogen and oxygen atoms in total. The van der Waals surface area contributed by atoms with Crippen LogP contribution in [0.4, 0.5) is 10.1 Å². The molecule has 0 saturated carbocycles. The highest BCUT2D eigenvalue weighted by molar-refractivity contribution is 7.80. The largest absolute Gasteiger partial charge is 0.331 e. The summed E-state index contributed by atoms with van der Waals surface area (Å²) in [5.41, 5.74) is 5.99. The molecule has 0 fully saturated rings. The van der Waals surface area contributed by atoms with Crippen molar-refractivity contribution in [3.63, 3.8) is 0 Å². The number of nitrogens with zero attached hydrogens (tertiary/aromatic N) is 1. The fourth-order valence-electron chi connectivity index (χ4n) is 1.89. The van der Waals surface area contributed by atoms with Crippen molar-refractivity contribution in [2.75, 3.05) is 5.32 Å². The summed E-state index contributed by atoms with van der Waals surface area (Å²) in [6.07, 6.45) is 1.30. The average molecular weight is 336 g/mol. The lowest BCUT2D eigenvalue weighted by Gasteiger charge is -2.10. The second-order valence-corrected chi connectivity index (χ2v) is 5.59. The van der Waals surface area contributed by atoms with Crippen molar-refractivity contribution < 1.29 is 4.39 Å². The number of hydrogen-bond acceptors (Lipinski definition) is 2. The lowest BCUT2D eigenvalue weighted by Crippen LogP contribution is -2.24. The predicted molar refractivity (Wildman–Crippen MR) is 94.3 cm³/mol. The third kappa shape index (κ3) is 4.26. The van der Waals surface area contributed by atoms with Gasteiger partial charge in [-0.1, -0.05) is 35.4 Å². The molecule has 6 heteroatoms. The van der Waals surface area contributed by atoms with E-state index in [4.69, 9.17) is 23.8 Å². The fraction of sp³-hybridized carbons (Fsp3) is 0.125. The molecule has 2 rings (SSSR count). The Balaban J connectivity index is 1.99. The van der Waals surface area contributed by atoms with E-state index >= 15 is 0 Å². The lowest BCUT2D eigenvalue weighted by atomic mass is 10.1. The molecule has 0 aliphatic heterocycles. The number of aryl methyl sites for hydroxylation is 2. The first kappa shape index (κ1) is 16.4. The Morgan fingerprint density at radius 3 is 2.73 bits per heavy atom. The number of hydrazone groups is 1. The van der Waals surface area contributed by atoms with Gasteiger partial charge in [0.05, 0.1) is 11.2 Å². The van der Waals surface area contributed by atoms with Crippen LogP contribution in [0.1, 0.15) is 16.7 Å². The van der Waals surface area contributed by atoms with Crippen molar-refractivity contribution in [1.29, 1.82) is 0 Å². The zero-order valence-electron chi connectivity index (χ0n) is 12.2. The van der Waals surface area contributed by atoms with Gasteiger partial charge in [-0.15, -0.1) is 0 Å². The standard InChI is InChI=1S/C16H15ClFN3S/c1-10-6-7-15(11(2)8-10)20-16(22)21-19-9-12-13(17)4-3-5-14(12)18/h3-9H,1-2H3,(H2,20,21,22). The number of halogens is 2. The Morgan fingerprint density at radius 2 is 2.05 bits per heavy atom. The number of rotatable bonds is 3. The van der Waals surface area contributed by atoms with E-state index in [0.717, 1.165) is 11.3 Å². The smallest absolute Gasteiger partial charge is 0.191 e. The molecule has 0 heterocycles. The molecule has 0 amide bonds. The minimum Gasteiger partial charge on any atom is -0.331 e. The van der Waals surface area contributed by atoms with Crippen molar-refractivity contribution in [1.82, 2.24) is 5.43 Å². The van der Waals surface area contributed by atoms with Gasteiger partial charge in [0, 0.05) is 11.3 Å². The Labute approximate surface area is 139 Å². The van der Waals surface area contributed by atoms with Gasteiger partial charge in [0.1, 0.15) is 5.82 Å². The summed E-state index contributed by atoms with van der Waals surface area (Å²) in [5.74, 6) is -0.439. The van der Waals surface area contributed by atoms with Crippen LogP contribution in [-0.4, -0.2) is 11.3 Å². The maximum atomic E-state index is 13.6. The van der Waals surface area contributed by atoms with E-state index in [0.29, 0.717) is 10.1 Å². The SMILES string of the molecule is Cc1ccc(NC(=S)NN=Cc2c(F)cccc2Cl)c(C)c1. The number of thiocarbonyl (C=S) groups is 1. The van der Waals surface area contributed by atoms with Crippen LogP contribution in [-0.2, 0) is 0 Å². The second kappa shape index (κ2) is 7.33. The highest BCUT2D eigenvalue weighted by Crippen LogP contribution is 2.17. The van der Waals surface area contributed by atoms with Crippen LogP contribution in [0.25, 0.3) is 0 Å². The lowest BCUT2D eigenvalue weighted by molar-refractivity contribution is 0.626. The zero-order chi connectivity index (χ0) is 16.1. The molecule has 0 spiro atoms. The number of benzene rings is 2. The fourth-order valence-corrected chi connectivity index (χ4v) is 2.27. The molecule has 2 N–H and O–H groups in total. The highest BCUT2D eigenvalue weighted by atomic mass is 35.5. The van der Waals surface area contributed by atoms with Crippen molar-refractivity contribution in [3.8, 4) is 0 Å². The van der Waals surface area contributed by atoms with Gasteiger partial charge in [0.2, 0.25) is 0 Å². The van der Waals surface area contributed by atoms with Gasteiger partial charge in [-0.3, -0.25) is 5.43 Å². The molecule has 2 aromatic rings. The molecule has 0 saturated heterocycles. The Morgan fingerprint density at radius 1 is 1.27 bits per heavy atom. The molecule has 0 aliphatic rings. The van der Waals surface area contributed by atoms with Gasteiger partial charge in [-0.2, -0.15) is 5.10 Å². The monoisotopic (exact) mass is 335 g/mol. The summed E-state index contributed by atoms with van der Waals surface area (Å²) in [6, 6.07) is 10.4. The molecule has 114 valence electrons. The van der Waals surface area contributed by atoms with Gasteiger partial charge in [0.25, 0.3) is 0 Å². The Kier molecular flexibility index (Phi) is 5.46. The van der Waals surface area contributed by atoms with E-state index in [-0.39, 0.29) is 5.56 Å². The molecule has 0 bridgehead atoms. The summed E-state index contributed by atoms with van der Waals surface area (Å²) in [4.78, 5) is 0. The van der Waals surface area contributed by atoms with Gasteiger partial charge in [-0.25, -0.2) is 4.39 Å². The molecule has 22 heavy (non-hydrogen) atoms. The van der Waals surface area contributed by atoms with Crippen molar-refractivity contribution in [2.24, 2.45) is 5.10 Å². The van der Waals surface area contributed by atoms with Crippen LogP contribution in [0, 0.1) is 19.7 Å². The Bertz CT molecular complexity index is 711. The van der Waals surface area contributed by atoms with Crippen LogP contribution in [0.2, 0.25) is 5.02 Å². The van der Waals surface area contributed by atoms with E-state index in [1.807, 2.05) is 32.0 Å². The summed E-state index contributed by atoms with van der Waals surface area (Å²) in [7, 11) is 0. The normalized spacial score (nSPS) is 10.7. The van der Waals surface area contributed by atoms with Crippen LogP contribution in [0.5, 0.6) is 0 Å². The summed E-state index contributed by atoms with van der Waals surface area (Å²) in [6.45, 7) is 4.01. The van der Waals surface area contributed by atoms with E-state index < -0.39 is 5.82 Å². The quantitative estimate of drug-likeness (QED) is 0.495. The predicted octanol–water partition coefficient (Wildman–Crippen LogP) is 4.42. The van der Waals surface area contributed by atoms with Crippen LogP contribution in [0.3, 0.4) is 0 Å². The average Bonchev–Trinajstić information content (AvgIpc) is 2.45. The van der Waals surface area contributed by atoms with E-state index in [1.165, 1.54) is 23.9 Å². The van der Waals surface area contributed by atoms with E-state index in [9.17, 15) is 4.39 Å². The van der Waals surface area contributed by atoms with Crippen molar-refractivity contribution >= 4 is 40.8 Å². The molecule has 0 aromatic heterocycles. The van der Waals surface area contributed by atoms with Crippen molar-refractivity contribution in [2.45, 2.75) is 13.8 Å². The topological polar surface area (TPSA) is 36.4 Å². The molecule has 0 atom stereocenters. The first-order valence-corrected chi connectivity index (χ1v) is 7.37. The minimum atomic E-state index is -0.439. The van der Waals surface area contributed by atoms with Crippen LogP contribution >= 0.6 is 23.8 Å². The van der Waals surface area contributed by atoms with Crippen molar-refractivity contribution in [3.05, 3.63) is 63.9 Å². The minimum absolute atomic E-state index is 0.214. The first-order valence-electron chi connectivity index (χ1n) is 6.58. The van der Waals surface area contributed by atoms with Gasteiger partial charge in [-0.05, 0) is 49.8 Å². The van der Waals surface area contributed by atoms with Gasteiger partial charge < -0.3 is 5.32 Å². The maximum absolute atomic E-state index is 13.6. The zero-order valence-corrected chi connectivity index (χ0v) is 13.7. The number of anilines is 1. The molecule has 0 unspecified atom stereocenters. The molecule has 0 aliphatic carbocycles. The number of hydrogen-bond donors (Lipinski definition) is 2. The van der Waals surface area contributed by atoms with Gasteiger partial charge in [0.15, 0.2) is 5.11 Å². The van der Waals surface area contributed by atoms with E-state index in [1.54, 1.807) is 6.07 Å². The molecular formula is C16H15ClFN3S. The highest BCUT2D eigenvalue weighted by Gasteiger charge is 2.04. The third-order valence-corrected chi connectivity index (χ3v) is 3.51. The molecular weight excluding hydrogens is 321 g/mol. The molecule has 0 radical (unpaired) electrons. The summed E-state index contributed by atoms with van der Waals surface area (Å²) in [5, 5.41) is 7.54. The summed E-state index contributed by atoms with van der Waals surface area (Å²) >= 11 is 11.0. The summed E-state index contributed by atoms with van der Waals surface area (Å²) < 4.78 is 13.6. The van der Waals surface area contributed by atoms with Crippen LogP contribution in [0.15, 0.2) is 41.5 Å². The van der Waals surface area contributed by atoms with Crippen LogP contribution < -0.4 is 10.7 Å². The van der Waals surface area contributed by atoms with E-state index in [2.05, 4.69) is 15.8 Å². The molecule has 2 aromatic carbocycles. The van der Waals surface area contributed by atoms with Gasteiger partial charge >= 0.3 is 0 Å². The number of nitrogens with one attached hydrogen (secondary N) is 2. The Hall–Kier alpha value is -1.98. The maximum Gasteiger partial charge on any atom is 0.191 e. The second-order valence-electron chi connectivity index (χ2n) is 4.78. The first-order chi connectivity index (χ1) is 10.5. The third-order valence-electron chi connectivity index (χ3n) is 2.99.